The lowest BCUT2D eigenvalue weighted by atomic mass is 9.46. The molecule has 1 aliphatic heterocycles. The maximum atomic E-state index is 13.4. The summed E-state index contributed by atoms with van der Waals surface area (Å²) in [5, 5.41) is 15.5. The Balaban J connectivity index is 1.53. The van der Waals surface area contributed by atoms with Gasteiger partial charge < -0.3 is 14.7 Å². The number of esters is 1. The molecule has 4 aliphatic carbocycles. The third-order valence-electron chi connectivity index (χ3n) is 9.02. The highest BCUT2D eigenvalue weighted by molar-refractivity contribution is 6.01. The molecule has 0 bridgehead atoms. The second kappa shape index (κ2) is 6.61. The van der Waals surface area contributed by atoms with Crippen molar-refractivity contribution in [3.63, 3.8) is 0 Å². The minimum atomic E-state index is -1.21. The molecule has 1 heterocycles. The number of oxime groups is 1. The first-order chi connectivity index (χ1) is 14.6. The molecule has 166 valence electrons. The van der Waals surface area contributed by atoms with Crippen LogP contribution in [0.3, 0.4) is 0 Å². The number of fused-ring (bicyclic) bond motifs is 7. The van der Waals surface area contributed by atoms with Crippen molar-refractivity contribution in [1.29, 1.82) is 0 Å². The number of hydrogen-bond donors (Lipinski definition) is 1. The predicted molar refractivity (Wildman–Crippen MR) is 111 cm³/mol. The number of carbonyl (C=O) groups excluding carboxylic acids is 3. The van der Waals surface area contributed by atoms with Crippen molar-refractivity contribution in [1.82, 2.24) is 0 Å². The SMILES string of the molecule is CC(=O)OCC(=O)[C@@]12ON=C[C@@H]1C[C@H]1[C@@H]3CCC4=CC(=O)C=C[C@]4(C)[C@H]3C(O)C[C@@]12C. The molecule has 0 saturated heterocycles. The van der Waals surface area contributed by atoms with E-state index in [0.717, 1.165) is 24.8 Å². The van der Waals surface area contributed by atoms with Crippen LogP contribution in [0.15, 0.2) is 29.0 Å². The van der Waals surface area contributed by atoms with Gasteiger partial charge >= 0.3 is 5.97 Å². The number of rotatable bonds is 3. The van der Waals surface area contributed by atoms with Crippen molar-refractivity contribution >= 4 is 23.8 Å². The van der Waals surface area contributed by atoms with Gasteiger partial charge in [-0.3, -0.25) is 14.4 Å². The highest BCUT2D eigenvalue weighted by Crippen LogP contribution is 2.69. The highest BCUT2D eigenvalue weighted by atomic mass is 16.7. The Hall–Kier alpha value is -2.28. The van der Waals surface area contributed by atoms with Crippen molar-refractivity contribution in [3.8, 4) is 0 Å². The van der Waals surface area contributed by atoms with Crippen LogP contribution in [-0.4, -0.2) is 47.2 Å². The molecule has 7 nitrogen and oxygen atoms in total. The summed E-state index contributed by atoms with van der Waals surface area (Å²) >= 11 is 0. The van der Waals surface area contributed by atoms with Gasteiger partial charge in [-0.15, -0.1) is 0 Å². The fourth-order valence-electron chi connectivity index (χ4n) is 7.77. The van der Waals surface area contributed by atoms with Gasteiger partial charge in [-0.1, -0.05) is 30.7 Å². The fourth-order valence-corrected chi connectivity index (χ4v) is 7.77. The summed E-state index contributed by atoms with van der Waals surface area (Å²) in [6, 6.07) is 0. The van der Waals surface area contributed by atoms with Crippen LogP contribution in [0.2, 0.25) is 0 Å². The molecule has 7 heteroatoms. The van der Waals surface area contributed by atoms with Gasteiger partial charge in [-0.05, 0) is 49.7 Å². The molecule has 0 aromatic heterocycles. The number of aliphatic hydroxyl groups is 1. The van der Waals surface area contributed by atoms with E-state index in [1.165, 1.54) is 6.92 Å². The predicted octanol–water partition coefficient (Wildman–Crippen LogP) is 2.38. The van der Waals surface area contributed by atoms with E-state index < -0.39 is 23.1 Å². The van der Waals surface area contributed by atoms with E-state index in [2.05, 4.69) is 12.1 Å². The number of carbonyl (C=O) groups is 3. The molecule has 0 amide bonds. The molecule has 1 N–H and O–H groups in total. The van der Waals surface area contributed by atoms with E-state index in [9.17, 15) is 19.5 Å². The summed E-state index contributed by atoms with van der Waals surface area (Å²) in [6.07, 6.45) is 9.21. The maximum absolute atomic E-state index is 13.4. The molecule has 3 saturated carbocycles. The van der Waals surface area contributed by atoms with Crippen molar-refractivity contribution in [2.75, 3.05) is 6.61 Å². The van der Waals surface area contributed by atoms with E-state index >= 15 is 0 Å². The lowest BCUT2D eigenvalue weighted by Crippen LogP contribution is -2.63. The van der Waals surface area contributed by atoms with E-state index in [1.807, 2.05) is 13.0 Å². The van der Waals surface area contributed by atoms with Gasteiger partial charge in [0.2, 0.25) is 11.4 Å². The molecule has 0 aromatic carbocycles. The Morgan fingerprint density at radius 3 is 2.87 bits per heavy atom. The Bertz CT molecular complexity index is 952. The number of hydrogen-bond acceptors (Lipinski definition) is 7. The molecule has 3 fully saturated rings. The Morgan fingerprint density at radius 1 is 1.35 bits per heavy atom. The topological polar surface area (TPSA) is 102 Å². The summed E-state index contributed by atoms with van der Waals surface area (Å²) in [5.41, 5.74) is -1.11. The molecule has 0 radical (unpaired) electrons. The van der Waals surface area contributed by atoms with Crippen LogP contribution in [-0.2, 0) is 24.0 Å². The smallest absolute Gasteiger partial charge is 0.303 e. The number of nitrogens with zero attached hydrogens (tertiary/aromatic N) is 1. The van der Waals surface area contributed by atoms with Crippen LogP contribution in [0, 0.1) is 34.5 Å². The minimum absolute atomic E-state index is 0.0103. The highest BCUT2D eigenvalue weighted by Gasteiger charge is 2.74. The first-order valence-electron chi connectivity index (χ1n) is 11.1. The van der Waals surface area contributed by atoms with Gasteiger partial charge in [0.05, 0.1) is 12.3 Å². The van der Waals surface area contributed by atoms with Gasteiger partial charge in [0.1, 0.15) is 0 Å². The number of ether oxygens (including phenoxy) is 1. The lowest BCUT2D eigenvalue weighted by molar-refractivity contribution is -0.193. The van der Waals surface area contributed by atoms with Crippen LogP contribution < -0.4 is 0 Å². The Kier molecular flexibility index (Phi) is 4.39. The molecule has 5 rings (SSSR count). The van der Waals surface area contributed by atoms with Crippen molar-refractivity contribution in [3.05, 3.63) is 23.8 Å². The van der Waals surface area contributed by atoms with Gasteiger partial charge in [0.25, 0.3) is 0 Å². The van der Waals surface area contributed by atoms with Crippen molar-refractivity contribution in [2.24, 2.45) is 39.7 Å². The quantitative estimate of drug-likeness (QED) is 0.694. The fraction of sp³-hybridized carbons (Fsp3) is 0.667. The van der Waals surface area contributed by atoms with Crippen LogP contribution in [0.25, 0.3) is 0 Å². The normalized spacial score (nSPS) is 46.9. The number of Topliss-reactive ketones (excluding diaryl/α,β-unsaturated/α-hetero) is 1. The van der Waals surface area contributed by atoms with E-state index in [4.69, 9.17) is 9.57 Å². The average Bonchev–Trinajstić information content (AvgIpc) is 3.23. The molecular formula is C24H29NO6. The molecular weight excluding hydrogens is 398 g/mol. The first kappa shape index (κ1) is 20.6. The molecule has 0 spiro atoms. The van der Waals surface area contributed by atoms with Crippen LogP contribution >= 0.6 is 0 Å². The summed E-state index contributed by atoms with van der Waals surface area (Å²) in [4.78, 5) is 42.5. The zero-order valence-corrected chi connectivity index (χ0v) is 18.2. The summed E-state index contributed by atoms with van der Waals surface area (Å²) in [7, 11) is 0. The second-order valence-electron chi connectivity index (χ2n) is 10.3. The molecule has 8 atom stereocenters. The van der Waals surface area contributed by atoms with Crippen LogP contribution in [0.1, 0.15) is 46.5 Å². The summed E-state index contributed by atoms with van der Waals surface area (Å²) in [5.74, 6) is -0.668. The third-order valence-corrected chi connectivity index (χ3v) is 9.02. The minimum Gasteiger partial charge on any atom is -0.458 e. The van der Waals surface area contributed by atoms with Crippen LogP contribution in [0.4, 0.5) is 0 Å². The standard InChI is InChI=1S/C24H29NO6/c1-13(26)30-12-20(29)24-15(11-25-31-24)9-18-17-5-4-14-8-16(27)6-7-22(14,2)21(17)19(28)10-23(18,24)3/h6-8,11,15,17-19,21,28H,4-5,9-10,12H2,1-3H3/t15-,17-,18-,19?,21+,22-,23-,24-/m0/s1. The molecule has 1 unspecified atom stereocenters. The zero-order chi connectivity index (χ0) is 22.2. The number of ketones is 2. The first-order valence-corrected chi connectivity index (χ1v) is 11.1. The van der Waals surface area contributed by atoms with Crippen molar-refractivity contribution in [2.45, 2.75) is 58.2 Å². The monoisotopic (exact) mass is 427 g/mol. The largest absolute Gasteiger partial charge is 0.458 e. The molecule has 5 aliphatic rings. The van der Waals surface area contributed by atoms with Gasteiger partial charge in [-0.2, -0.15) is 0 Å². The summed E-state index contributed by atoms with van der Waals surface area (Å²) in [6.45, 7) is 5.08. The van der Waals surface area contributed by atoms with E-state index in [1.54, 1.807) is 18.4 Å². The molecule has 31 heavy (non-hydrogen) atoms. The number of allylic oxidation sites excluding steroid dienone is 4. The Morgan fingerprint density at radius 2 is 2.13 bits per heavy atom. The average molecular weight is 427 g/mol. The second-order valence-corrected chi connectivity index (χ2v) is 10.3. The summed E-state index contributed by atoms with van der Waals surface area (Å²) < 4.78 is 5.04. The van der Waals surface area contributed by atoms with Gasteiger partial charge in [0.15, 0.2) is 12.4 Å². The van der Waals surface area contributed by atoms with E-state index in [0.29, 0.717) is 6.42 Å². The van der Waals surface area contributed by atoms with Gasteiger partial charge in [0, 0.05) is 29.6 Å². The maximum Gasteiger partial charge on any atom is 0.303 e. The molecule has 0 aromatic rings. The van der Waals surface area contributed by atoms with Crippen molar-refractivity contribution < 1.29 is 29.1 Å². The lowest BCUT2D eigenvalue weighted by Gasteiger charge is -2.59. The number of aliphatic hydroxyl groups excluding tert-OH is 1. The van der Waals surface area contributed by atoms with E-state index in [-0.39, 0.29) is 47.3 Å². The van der Waals surface area contributed by atoms with Gasteiger partial charge in [-0.25, -0.2) is 0 Å². The zero-order valence-electron chi connectivity index (χ0n) is 18.2. The Labute approximate surface area is 181 Å². The van der Waals surface area contributed by atoms with Crippen LogP contribution in [0.5, 0.6) is 0 Å². The third kappa shape index (κ3) is 2.55.